The summed E-state index contributed by atoms with van der Waals surface area (Å²) in [5.41, 5.74) is 2.12. The van der Waals surface area contributed by atoms with Crippen LogP contribution in [-0.4, -0.2) is 38.9 Å². The Morgan fingerprint density at radius 1 is 1.14 bits per heavy atom. The Balaban J connectivity index is 1.52. The third-order valence-electron chi connectivity index (χ3n) is 5.66. The summed E-state index contributed by atoms with van der Waals surface area (Å²) in [6, 6.07) is 10.2. The number of nitrogens with zero attached hydrogens (tertiary/aromatic N) is 3. The monoisotopic (exact) mass is 475 g/mol. The molecule has 3 heterocycles. The maximum atomic E-state index is 13.2. The zero-order valence-electron chi connectivity index (χ0n) is 19.5. The number of H-pyrrole nitrogens is 1. The molecule has 0 spiro atoms. The molecule has 35 heavy (non-hydrogen) atoms. The minimum Gasteiger partial charge on any atom is -0.490 e. The van der Waals surface area contributed by atoms with Crippen molar-refractivity contribution in [3.63, 3.8) is 0 Å². The van der Waals surface area contributed by atoms with Crippen molar-refractivity contribution >= 4 is 11.7 Å². The number of fused-ring (bicyclic) bond motifs is 1. The van der Waals surface area contributed by atoms with Crippen LogP contribution in [0.2, 0.25) is 0 Å². The summed E-state index contributed by atoms with van der Waals surface area (Å²) >= 11 is 0. The van der Waals surface area contributed by atoms with Gasteiger partial charge in [0.15, 0.2) is 17.3 Å². The van der Waals surface area contributed by atoms with Gasteiger partial charge in [-0.25, -0.2) is 4.98 Å². The summed E-state index contributed by atoms with van der Waals surface area (Å²) in [6.45, 7) is 4.65. The third-order valence-corrected chi connectivity index (χ3v) is 5.66. The first-order chi connectivity index (χ1) is 17.1. The van der Waals surface area contributed by atoms with E-state index in [1.165, 1.54) is 10.9 Å². The Kier molecular flexibility index (Phi) is 6.09. The van der Waals surface area contributed by atoms with Crippen LogP contribution in [0.15, 0.2) is 51.9 Å². The first-order valence-electron chi connectivity index (χ1n) is 11.5. The highest BCUT2D eigenvalue weighted by molar-refractivity contribution is 6.04. The molecule has 0 unspecified atom stereocenters. The summed E-state index contributed by atoms with van der Waals surface area (Å²) in [5, 5.41) is 7.43. The van der Waals surface area contributed by atoms with Gasteiger partial charge in [0, 0.05) is 17.2 Å². The predicted molar refractivity (Wildman–Crippen MR) is 128 cm³/mol. The minimum atomic E-state index is -0.385. The molecular weight excluding hydrogens is 450 g/mol. The SMILES string of the molecule is CCOc1ccc(C(=O)Nc2cc(-c3ccco3)nn2-c2nc3c(c(=O)[nH]2)CCC3)cc1OCC. The van der Waals surface area contributed by atoms with Gasteiger partial charge in [-0.1, -0.05) is 0 Å². The Hall–Kier alpha value is -4.34. The Morgan fingerprint density at radius 2 is 1.97 bits per heavy atom. The lowest BCUT2D eigenvalue weighted by Gasteiger charge is -2.13. The second kappa shape index (κ2) is 9.49. The molecule has 180 valence electrons. The van der Waals surface area contributed by atoms with E-state index in [0.717, 1.165) is 18.5 Å². The lowest BCUT2D eigenvalue weighted by Crippen LogP contribution is -2.21. The molecule has 10 heteroatoms. The van der Waals surface area contributed by atoms with Gasteiger partial charge in [-0.2, -0.15) is 9.78 Å². The molecule has 1 aliphatic carbocycles. The van der Waals surface area contributed by atoms with Gasteiger partial charge in [0.1, 0.15) is 11.5 Å². The van der Waals surface area contributed by atoms with E-state index in [4.69, 9.17) is 13.9 Å². The van der Waals surface area contributed by atoms with Crippen molar-refractivity contribution in [3.8, 4) is 28.9 Å². The maximum Gasteiger partial charge on any atom is 0.256 e. The molecule has 10 nitrogen and oxygen atoms in total. The fourth-order valence-corrected chi connectivity index (χ4v) is 4.09. The Bertz CT molecular complexity index is 1420. The highest BCUT2D eigenvalue weighted by Crippen LogP contribution is 2.30. The van der Waals surface area contributed by atoms with E-state index >= 15 is 0 Å². The van der Waals surface area contributed by atoms with E-state index in [0.29, 0.717) is 59.5 Å². The number of benzene rings is 1. The smallest absolute Gasteiger partial charge is 0.256 e. The van der Waals surface area contributed by atoms with Crippen LogP contribution in [0.25, 0.3) is 17.4 Å². The van der Waals surface area contributed by atoms with E-state index in [2.05, 4.69) is 20.4 Å². The van der Waals surface area contributed by atoms with Crippen molar-refractivity contribution in [3.05, 3.63) is 69.8 Å². The normalized spacial score (nSPS) is 12.4. The average molecular weight is 476 g/mol. The van der Waals surface area contributed by atoms with E-state index in [1.54, 1.807) is 36.4 Å². The molecule has 1 amide bonds. The second-order valence-electron chi connectivity index (χ2n) is 7.95. The first-order valence-corrected chi connectivity index (χ1v) is 11.5. The number of aryl methyl sites for hydroxylation is 1. The molecule has 0 radical (unpaired) electrons. The average Bonchev–Trinajstić information content (AvgIpc) is 3.61. The molecule has 0 fully saturated rings. The van der Waals surface area contributed by atoms with Crippen LogP contribution >= 0.6 is 0 Å². The number of nitrogens with one attached hydrogen (secondary N) is 2. The number of carbonyl (C=O) groups is 1. The Labute approximate surface area is 200 Å². The van der Waals surface area contributed by atoms with E-state index in [-0.39, 0.29) is 17.4 Å². The standard InChI is InChI=1S/C25H25N5O5/c1-3-33-20-11-10-15(13-21(20)34-4-2)23(31)27-22-14-18(19-9-6-12-35-19)29-30(22)25-26-17-8-5-7-16(17)24(32)28-25/h6,9-14H,3-5,7-8H2,1-2H3,(H,27,31)(H,26,28,32). The highest BCUT2D eigenvalue weighted by atomic mass is 16.5. The van der Waals surface area contributed by atoms with Crippen molar-refractivity contribution < 1.29 is 18.7 Å². The summed E-state index contributed by atoms with van der Waals surface area (Å²) in [6.07, 6.45) is 3.86. The number of hydrogen-bond acceptors (Lipinski definition) is 7. The van der Waals surface area contributed by atoms with Gasteiger partial charge in [-0.15, -0.1) is 0 Å². The molecular formula is C25H25N5O5. The van der Waals surface area contributed by atoms with Crippen LogP contribution < -0.4 is 20.3 Å². The number of anilines is 1. The zero-order valence-corrected chi connectivity index (χ0v) is 19.5. The predicted octanol–water partition coefficient (Wildman–Crippen LogP) is 3.75. The van der Waals surface area contributed by atoms with Crippen LogP contribution in [0.5, 0.6) is 11.5 Å². The molecule has 3 aromatic heterocycles. The lowest BCUT2D eigenvalue weighted by atomic mass is 10.2. The van der Waals surface area contributed by atoms with Gasteiger partial charge in [0.05, 0.1) is 25.2 Å². The quantitative estimate of drug-likeness (QED) is 0.398. The van der Waals surface area contributed by atoms with Crippen LogP contribution in [0.4, 0.5) is 5.82 Å². The van der Waals surface area contributed by atoms with Crippen LogP contribution in [0.1, 0.15) is 41.9 Å². The summed E-state index contributed by atoms with van der Waals surface area (Å²) in [5.74, 6) is 1.74. The van der Waals surface area contributed by atoms with Crippen molar-refractivity contribution in [1.29, 1.82) is 0 Å². The fourth-order valence-electron chi connectivity index (χ4n) is 4.09. The van der Waals surface area contributed by atoms with Crippen LogP contribution in [0, 0.1) is 0 Å². The Morgan fingerprint density at radius 3 is 2.74 bits per heavy atom. The molecule has 1 aliphatic rings. The number of aromatic amines is 1. The fraction of sp³-hybridized carbons (Fsp3) is 0.280. The zero-order chi connectivity index (χ0) is 24.4. The molecule has 4 aromatic rings. The highest BCUT2D eigenvalue weighted by Gasteiger charge is 2.22. The molecule has 0 bridgehead atoms. The third kappa shape index (κ3) is 4.42. The van der Waals surface area contributed by atoms with E-state index in [1.807, 2.05) is 13.8 Å². The summed E-state index contributed by atoms with van der Waals surface area (Å²) in [7, 11) is 0. The van der Waals surface area contributed by atoms with Crippen molar-refractivity contribution in [2.45, 2.75) is 33.1 Å². The number of hydrogen-bond donors (Lipinski definition) is 2. The molecule has 0 aliphatic heterocycles. The first kappa shape index (κ1) is 22.5. The number of rotatable bonds is 8. The van der Waals surface area contributed by atoms with Crippen LogP contribution in [0.3, 0.4) is 0 Å². The van der Waals surface area contributed by atoms with Gasteiger partial charge in [0.25, 0.3) is 11.5 Å². The lowest BCUT2D eigenvalue weighted by molar-refractivity contribution is 0.102. The van der Waals surface area contributed by atoms with Gasteiger partial charge in [-0.3, -0.25) is 14.6 Å². The van der Waals surface area contributed by atoms with Gasteiger partial charge in [-0.05, 0) is 63.4 Å². The molecule has 0 saturated carbocycles. The van der Waals surface area contributed by atoms with Crippen molar-refractivity contribution in [1.82, 2.24) is 19.7 Å². The minimum absolute atomic E-state index is 0.192. The molecule has 1 aromatic carbocycles. The van der Waals surface area contributed by atoms with Crippen molar-refractivity contribution in [2.75, 3.05) is 18.5 Å². The number of aromatic nitrogens is 4. The topological polar surface area (TPSA) is 124 Å². The van der Waals surface area contributed by atoms with Gasteiger partial charge >= 0.3 is 0 Å². The van der Waals surface area contributed by atoms with E-state index in [9.17, 15) is 9.59 Å². The summed E-state index contributed by atoms with van der Waals surface area (Å²) < 4.78 is 18.1. The number of furan rings is 1. The van der Waals surface area contributed by atoms with Gasteiger partial charge < -0.3 is 19.2 Å². The van der Waals surface area contributed by atoms with Gasteiger partial charge in [0.2, 0.25) is 5.95 Å². The maximum absolute atomic E-state index is 13.2. The summed E-state index contributed by atoms with van der Waals surface area (Å²) in [4.78, 5) is 33.2. The van der Waals surface area contributed by atoms with Crippen molar-refractivity contribution in [2.24, 2.45) is 0 Å². The molecule has 0 saturated heterocycles. The largest absolute Gasteiger partial charge is 0.490 e. The molecule has 5 rings (SSSR count). The number of carbonyl (C=O) groups excluding carboxylic acids is 1. The number of ether oxygens (including phenoxy) is 2. The van der Waals surface area contributed by atoms with E-state index < -0.39 is 0 Å². The molecule has 2 N–H and O–H groups in total. The molecule has 0 atom stereocenters. The van der Waals surface area contributed by atoms with Crippen LogP contribution in [-0.2, 0) is 12.8 Å². The second-order valence-corrected chi connectivity index (χ2v) is 7.95. The number of amides is 1.